The van der Waals surface area contributed by atoms with Crippen LogP contribution in [0.1, 0.15) is 68.1 Å². The molecule has 4 rings (SSSR count). The number of nitrogens with zero attached hydrogens (tertiary/aromatic N) is 1. The van der Waals surface area contributed by atoms with E-state index in [1.54, 1.807) is 0 Å². The molecule has 1 aliphatic heterocycles. The van der Waals surface area contributed by atoms with E-state index < -0.39 is 35.5 Å². The van der Waals surface area contributed by atoms with E-state index in [4.69, 9.17) is 29.4 Å². The summed E-state index contributed by atoms with van der Waals surface area (Å²) in [5.74, 6) is -1.10. The highest BCUT2D eigenvalue weighted by molar-refractivity contribution is 5.93. The molecule has 12 nitrogen and oxygen atoms in total. The molecule has 1 heterocycles. The van der Waals surface area contributed by atoms with E-state index in [1.807, 2.05) is 57.2 Å². The van der Waals surface area contributed by atoms with Crippen LogP contribution in [-0.4, -0.2) is 101 Å². The molecule has 12 heteroatoms. The van der Waals surface area contributed by atoms with E-state index in [9.17, 15) is 14.4 Å². The number of amides is 3. The summed E-state index contributed by atoms with van der Waals surface area (Å²) in [6, 6.07) is 13.9. The van der Waals surface area contributed by atoms with Gasteiger partial charge in [0.2, 0.25) is 17.7 Å². The summed E-state index contributed by atoms with van der Waals surface area (Å²) in [6.45, 7) is 8.47. The fourth-order valence-electron chi connectivity index (χ4n) is 6.39. The van der Waals surface area contributed by atoms with E-state index in [-0.39, 0.29) is 31.8 Å². The largest absolute Gasteiger partial charge is 0.378 e. The van der Waals surface area contributed by atoms with Gasteiger partial charge in [-0.15, -0.1) is 0 Å². The Balaban J connectivity index is 1.57. The summed E-state index contributed by atoms with van der Waals surface area (Å²) in [5, 5.41) is 6.15. The minimum Gasteiger partial charge on any atom is -0.378 e. The maximum Gasteiger partial charge on any atom is 0.248 e. The molecular formula is C37H54N4O8. The van der Waals surface area contributed by atoms with Gasteiger partial charge in [0.1, 0.15) is 18.7 Å². The molecule has 2 aromatic carbocycles. The smallest absolute Gasteiger partial charge is 0.248 e. The number of nitrogens with two attached hydrogens (primary N) is 1. The number of fused-ring (bicyclic) bond motifs is 2. The first-order chi connectivity index (χ1) is 23.7. The first kappa shape index (κ1) is 38.4. The average molecular weight is 683 g/mol. The Bertz CT molecular complexity index is 1370. The zero-order valence-electron chi connectivity index (χ0n) is 29.4. The zero-order valence-corrected chi connectivity index (χ0v) is 29.4. The van der Waals surface area contributed by atoms with Gasteiger partial charge in [0.15, 0.2) is 6.23 Å². The molecule has 2 aliphatic rings. The van der Waals surface area contributed by atoms with Gasteiger partial charge in [0.25, 0.3) is 0 Å². The van der Waals surface area contributed by atoms with Crippen LogP contribution in [0.5, 0.6) is 0 Å². The number of aryl methyl sites for hydroxylation is 1. The molecule has 0 radical (unpaired) electrons. The van der Waals surface area contributed by atoms with Gasteiger partial charge in [-0.05, 0) is 41.4 Å². The van der Waals surface area contributed by atoms with Gasteiger partial charge in [0, 0.05) is 25.6 Å². The maximum absolute atomic E-state index is 14.8. The quantitative estimate of drug-likeness (QED) is 0.202. The first-order valence-corrected chi connectivity index (χ1v) is 17.3. The van der Waals surface area contributed by atoms with Crippen molar-refractivity contribution in [2.75, 3.05) is 66.5 Å². The minimum atomic E-state index is -0.959. The van der Waals surface area contributed by atoms with Crippen molar-refractivity contribution in [1.82, 2.24) is 15.5 Å². The normalized spacial score (nSPS) is 19.4. The predicted molar refractivity (Wildman–Crippen MR) is 185 cm³/mol. The van der Waals surface area contributed by atoms with E-state index in [1.165, 1.54) is 17.6 Å². The van der Waals surface area contributed by atoms with Gasteiger partial charge in [-0.2, -0.15) is 0 Å². The lowest BCUT2D eigenvalue weighted by molar-refractivity contribution is -0.168. The van der Waals surface area contributed by atoms with Gasteiger partial charge >= 0.3 is 0 Å². The van der Waals surface area contributed by atoms with Crippen molar-refractivity contribution in [2.24, 2.45) is 11.1 Å². The Labute approximate surface area is 290 Å². The summed E-state index contributed by atoms with van der Waals surface area (Å²) in [5.41, 5.74) is 8.77. The lowest BCUT2D eigenvalue weighted by Crippen LogP contribution is -2.62. The van der Waals surface area contributed by atoms with Crippen molar-refractivity contribution < 1.29 is 38.1 Å². The van der Waals surface area contributed by atoms with Crippen molar-refractivity contribution in [3.8, 4) is 0 Å². The molecule has 0 saturated heterocycles. The Morgan fingerprint density at radius 1 is 0.878 bits per heavy atom. The maximum atomic E-state index is 14.8. The van der Waals surface area contributed by atoms with Crippen LogP contribution in [0.2, 0.25) is 0 Å². The van der Waals surface area contributed by atoms with Gasteiger partial charge in [-0.1, -0.05) is 69.3 Å². The fraction of sp³-hybridized carbons (Fsp3) is 0.595. The molecule has 2 unspecified atom stereocenters. The Hall–Kier alpha value is -3.39. The molecule has 0 bridgehead atoms. The number of carbonyl (C=O) groups is 3. The van der Waals surface area contributed by atoms with Crippen LogP contribution in [0.15, 0.2) is 48.5 Å². The number of nitrogens with one attached hydrogen (secondary N) is 2. The monoisotopic (exact) mass is 682 g/mol. The Kier molecular flexibility index (Phi) is 15.0. The molecular weight excluding hydrogens is 628 g/mol. The summed E-state index contributed by atoms with van der Waals surface area (Å²) < 4.78 is 28.1. The van der Waals surface area contributed by atoms with Crippen molar-refractivity contribution in [1.29, 1.82) is 0 Å². The van der Waals surface area contributed by atoms with Crippen LogP contribution in [0, 0.1) is 5.41 Å². The highest BCUT2D eigenvalue weighted by Gasteiger charge is 2.47. The number of methoxy groups -OCH3 is 1. The lowest BCUT2D eigenvalue weighted by Gasteiger charge is -2.45. The molecule has 0 aromatic heterocycles. The number of benzene rings is 2. The zero-order chi connectivity index (χ0) is 35.2. The van der Waals surface area contributed by atoms with Crippen LogP contribution >= 0.6 is 0 Å². The molecule has 0 spiro atoms. The second-order valence-corrected chi connectivity index (χ2v) is 13.5. The molecule has 4 atom stereocenters. The molecule has 4 N–H and O–H groups in total. The van der Waals surface area contributed by atoms with Crippen LogP contribution in [0.25, 0.3) is 0 Å². The molecule has 49 heavy (non-hydrogen) atoms. The standard InChI is InChI=1S/C37H54N4O8/c1-37(2,3)33(40-32(42)25-45-4)35(44)41-31(34(43)39-30-15-9-12-26-10-5-7-13-28(26)30)24-27-11-6-8-14-29(27)36(41)49-23-22-48-21-20-47-19-18-46-17-16-38/h5-8,10-11,13-14,30-31,33,36H,9,12,15-25,38H2,1-4H3,(H,39,43)(H,40,42)/t30-,31?,33-,36?/m1/s1. The third-order valence-corrected chi connectivity index (χ3v) is 8.77. The molecule has 3 amide bonds. The minimum absolute atomic E-state index is 0.156. The van der Waals surface area contributed by atoms with Gasteiger partial charge < -0.3 is 40.1 Å². The predicted octanol–water partition coefficient (Wildman–Crippen LogP) is 2.83. The average Bonchev–Trinajstić information content (AvgIpc) is 3.08. The first-order valence-electron chi connectivity index (χ1n) is 17.3. The van der Waals surface area contributed by atoms with E-state index in [0.717, 1.165) is 36.0 Å². The second-order valence-electron chi connectivity index (χ2n) is 13.5. The molecule has 0 fully saturated rings. The fourth-order valence-corrected chi connectivity index (χ4v) is 6.39. The highest BCUT2D eigenvalue weighted by atomic mass is 16.6. The van der Waals surface area contributed by atoms with Crippen molar-refractivity contribution in [3.05, 3.63) is 70.8 Å². The van der Waals surface area contributed by atoms with Crippen LogP contribution in [0.4, 0.5) is 0 Å². The summed E-state index contributed by atoms with van der Waals surface area (Å²) in [6.07, 6.45) is 2.13. The van der Waals surface area contributed by atoms with Crippen molar-refractivity contribution in [2.45, 2.75) is 70.8 Å². The highest BCUT2D eigenvalue weighted by Crippen LogP contribution is 2.37. The van der Waals surface area contributed by atoms with Crippen molar-refractivity contribution >= 4 is 17.7 Å². The van der Waals surface area contributed by atoms with E-state index in [0.29, 0.717) is 46.0 Å². The Morgan fingerprint density at radius 2 is 1.49 bits per heavy atom. The number of rotatable bonds is 18. The number of hydrogen-bond acceptors (Lipinski definition) is 9. The lowest BCUT2D eigenvalue weighted by atomic mass is 9.83. The Morgan fingerprint density at radius 3 is 2.14 bits per heavy atom. The number of hydrogen-bond donors (Lipinski definition) is 3. The number of ether oxygens (including phenoxy) is 5. The molecule has 0 saturated carbocycles. The summed E-state index contributed by atoms with van der Waals surface area (Å²) in [7, 11) is 1.43. The van der Waals surface area contributed by atoms with Gasteiger partial charge in [-0.25, -0.2) is 0 Å². The molecule has 1 aliphatic carbocycles. The number of carbonyl (C=O) groups excluding carboxylic acids is 3. The van der Waals surface area contributed by atoms with Crippen molar-refractivity contribution in [3.63, 3.8) is 0 Å². The third kappa shape index (κ3) is 10.8. The SMILES string of the molecule is COCC(=O)N[C@H](C(=O)N1C(C(=O)N[C@@H]2CCCc3ccccc32)Cc2ccccc2C1OCCOCCOCCOCCN)C(C)(C)C. The van der Waals surface area contributed by atoms with Crippen LogP contribution in [0.3, 0.4) is 0 Å². The summed E-state index contributed by atoms with van der Waals surface area (Å²) in [4.78, 5) is 43.5. The van der Waals surface area contributed by atoms with Gasteiger partial charge in [0.05, 0.1) is 52.3 Å². The van der Waals surface area contributed by atoms with Crippen LogP contribution in [-0.2, 0) is 50.9 Å². The summed E-state index contributed by atoms with van der Waals surface area (Å²) >= 11 is 0. The third-order valence-electron chi connectivity index (χ3n) is 8.77. The topological polar surface area (TPSA) is 151 Å². The molecule has 270 valence electrons. The van der Waals surface area contributed by atoms with Gasteiger partial charge in [-0.3, -0.25) is 19.3 Å². The van der Waals surface area contributed by atoms with Crippen LogP contribution < -0.4 is 16.4 Å². The second kappa shape index (κ2) is 19.1. The molecule has 2 aromatic rings. The van der Waals surface area contributed by atoms with E-state index in [2.05, 4.69) is 22.8 Å². The van der Waals surface area contributed by atoms with E-state index >= 15 is 0 Å².